The fourth-order valence-electron chi connectivity index (χ4n) is 4.32. The van der Waals surface area contributed by atoms with Crippen molar-refractivity contribution in [3.8, 4) is 11.5 Å². The van der Waals surface area contributed by atoms with E-state index in [0.29, 0.717) is 5.52 Å². The number of phenolic OH excluding ortho intramolecular Hbond substituents is 1. The Morgan fingerprint density at radius 2 is 1.35 bits per heavy atom. The SMILES string of the molecule is COc1ccc(C(c2ccc(O)cc2)c2cn(S(=O)(=O)c3ccccc3)c3ccccc23)cc1. The average molecular weight is 470 g/mol. The Hall–Kier alpha value is -4.03. The van der Waals surface area contributed by atoms with Crippen molar-refractivity contribution in [2.45, 2.75) is 10.8 Å². The molecule has 1 atom stereocenters. The Balaban J connectivity index is 1.77. The first-order chi connectivity index (χ1) is 16.5. The summed E-state index contributed by atoms with van der Waals surface area (Å²) in [5.41, 5.74) is 3.37. The molecule has 0 aliphatic heterocycles. The minimum atomic E-state index is -3.80. The number of methoxy groups -OCH3 is 1. The molecular weight excluding hydrogens is 446 g/mol. The van der Waals surface area contributed by atoms with Crippen LogP contribution in [0.3, 0.4) is 0 Å². The molecule has 0 aliphatic carbocycles. The quantitative estimate of drug-likeness (QED) is 0.343. The molecule has 1 aromatic heterocycles. The van der Waals surface area contributed by atoms with E-state index in [0.717, 1.165) is 27.8 Å². The molecule has 170 valence electrons. The lowest BCUT2D eigenvalue weighted by atomic mass is 9.85. The Morgan fingerprint density at radius 3 is 2.00 bits per heavy atom. The van der Waals surface area contributed by atoms with Crippen LogP contribution in [0.15, 0.2) is 114 Å². The molecule has 0 saturated heterocycles. The zero-order chi connectivity index (χ0) is 23.7. The number of nitrogens with zero attached hydrogens (tertiary/aromatic N) is 1. The molecule has 1 heterocycles. The lowest BCUT2D eigenvalue weighted by molar-refractivity contribution is 0.414. The summed E-state index contributed by atoms with van der Waals surface area (Å²) in [4.78, 5) is 0.230. The van der Waals surface area contributed by atoms with Crippen LogP contribution in [0.4, 0.5) is 0 Å². The smallest absolute Gasteiger partial charge is 0.268 e. The van der Waals surface area contributed by atoms with E-state index >= 15 is 0 Å². The molecule has 34 heavy (non-hydrogen) atoms. The summed E-state index contributed by atoms with van der Waals surface area (Å²) < 4.78 is 33.9. The zero-order valence-electron chi connectivity index (χ0n) is 18.5. The number of aromatic hydroxyl groups is 1. The third-order valence-electron chi connectivity index (χ3n) is 6.00. The molecule has 0 bridgehead atoms. The van der Waals surface area contributed by atoms with Gasteiger partial charge in [-0.3, -0.25) is 0 Å². The van der Waals surface area contributed by atoms with Crippen LogP contribution in [0.25, 0.3) is 10.9 Å². The highest BCUT2D eigenvalue weighted by Crippen LogP contribution is 2.39. The van der Waals surface area contributed by atoms with Crippen molar-refractivity contribution in [3.05, 3.63) is 126 Å². The van der Waals surface area contributed by atoms with Crippen LogP contribution in [0.1, 0.15) is 22.6 Å². The van der Waals surface area contributed by atoms with Gasteiger partial charge in [-0.15, -0.1) is 0 Å². The van der Waals surface area contributed by atoms with Gasteiger partial charge in [0.2, 0.25) is 0 Å². The van der Waals surface area contributed by atoms with Gasteiger partial charge in [-0.25, -0.2) is 12.4 Å². The van der Waals surface area contributed by atoms with Gasteiger partial charge in [0.1, 0.15) is 11.5 Å². The first kappa shape index (κ1) is 21.8. The molecule has 0 aliphatic rings. The number of benzene rings is 4. The van der Waals surface area contributed by atoms with Gasteiger partial charge in [0, 0.05) is 17.5 Å². The molecule has 5 aromatic rings. The van der Waals surface area contributed by atoms with E-state index in [2.05, 4.69) is 0 Å². The summed E-state index contributed by atoms with van der Waals surface area (Å²) in [6, 6.07) is 30.7. The second-order valence-corrected chi connectivity index (χ2v) is 9.83. The molecule has 0 fully saturated rings. The lowest BCUT2D eigenvalue weighted by Gasteiger charge is -2.18. The first-order valence-corrected chi connectivity index (χ1v) is 12.3. The highest BCUT2D eigenvalue weighted by Gasteiger charge is 2.26. The maximum absolute atomic E-state index is 13.6. The fraction of sp³-hybridized carbons (Fsp3) is 0.0714. The second kappa shape index (κ2) is 8.72. The van der Waals surface area contributed by atoms with Crippen molar-refractivity contribution in [3.63, 3.8) is 0 Å². The van der Waals surface area contributed by atoms with Crippen LogP contribution in [-0.4, -0.2) is 24.6 Å². The van der Waals surface area contributed by atoms with E-state index in [1.165, 1.54) is 3.97 Å². The maximum atomic E-state index is 13.6. The first-order valence-electron chi connectivity index (χ1n) is 10.8. The predicted octanol–water partition coefficient (Wildman–Crippen LogP) is 5.77. The van der Waals surface area contributed by atoms with Gasteiger partial charge in [-0.05, 0) is 59.2 Å². The number of hydrogen-bond acceptors (Lipinski definition) is 4. The molecule has 1 unspecified atom stereocenters. The van der Waals surface area contributed by atoms with Crippen molar-refractivity contribution in [1.82, 2.24) is 3.97 Å². The molecule has 0 saturated carbocycles. The summed E-state index contributed by atoms with van der Waals surface area (Å²) in [6.07, 6.45) is 1.72. The van der Waals surface area contributed by atoms with Gasteiger partial charge in [0.15, 0.2) is 0 Å². The van der Waals surface area contributed by atoms with Gasteiger partial charge in [0.05, 0.1) is 17.5 Å². The molecule has 4 aromatic carbocycles. The lowest BCUT2D eigenvalue weighted by Crippen LogP contribution is -2.12. The van der Waals surface area contributed by atoms with Crippen molar-refractivity contribution in [2.24, 2.45) is 0 Å². The number of ether oxygens (including phenoxy) is 1. The molecule has 5 nitrogen and oxygen atoms in total. The van der Waals surface area contributed by atoms with E-state index in [9.17, 15) is 13.5 Å². The van der Waals surface area contributed by atoms with Crippen molar-refractivity contribution in [1.29, 1.82) is 0 Å². The Bertz CT molecular complexity index is 1540. The molecule has 5 rings (SSSR count). The van der Waals surface area contributed by atoms with Crippen LogP contribution < -0.4 is 4.74 Å². The topological polar surface area (TPSA) is 68.5 Å². The van der Waals surface area contributed by atoms with Crippen molar-refractivity contribution >= 4 is 20.9 Å². The van der Waals surface area contributed by atoms with E-state index in [1.807, 2.05) is 60.7 Å². The van der Waals surface area contributed by atoms with E-state index in [1.54, 1.807) is 55.8 Å². The molecule has 6 heteroatoms. The third kappa shape index (κ3) is 3.82. The van der Waals surface area contributed by atoms with Gasteiger partial charge in [0.25, 0.3) is 10.0 Å². The van der Waals surface area contributed by atoms with Crippen molar-refractivity contribution in [2.75, 3.05) is 7.11 Å². The number of hydrogen-bond donors (Lipinski definition) is 1. The van der Waals surface area contributed by atoms with Crippen LogP contribution in [0.5, 0.6) is 11.5 Å². The van der Waals surface area contributed by atoms with Crippen molar-refractivity contribution < 1.29 is 18.3 Å². The molecule has 0 radical (unpaired) electrons. The Labute approximate surface area is 198 Å². The summed E-state index contributed by atoms with van der Waals surface area (Å²) >= 11 is 0. The number of rotatable bonds is 6. The van der Waals surface area contributed by atoms with Crippen LogP contribution in [-0.2, 0) is 10.0 Å². The summed E-state index contributed by atoms with van der Waals surface area (Å²) in [7, 11) is -2.18. The van der Waals surface area contributed by atoms with Gasteiger partial charge >= 0.3 is 0 Å². The van der Waals surface area contributed by atoms with Crippen LogP contribution in [0.2, 0.25) is 0 Å². The van der Waals surface area contributed by atoms with Gasteiger partial charge in [-0.2, -0.15) is 0 Å². The number of phenols is 1. The van der Waals surface area contributed by atoms with Crippen LogP contribution in [0, 0.1) is 0 Å². The molecular formula is C28H23NO4S. The second-order valence-electron chi connectivity index (χ2n) is 8.01. The monoisotopic (exact) mass is 469 g/mol. The molecule has 1 N–H and O–H groups in total. The predicted molar refractivity (Wildman–Crippen MR) is 133 cm³/mol. The Kier molecular flexibility index (Phi) is 5.59. The molecule has 0 amide bonds. The standard InChI is InChI=1S/C28H23NO4S/c1-33-23-17-13-21(14-18-23)28(20-11-15-22(30)16-12-20)26-19-29(27-10-6-5-9-25(26)27)34(31,32)24-7-3-2-4-8-24/h2-19,28,30H,1H3. The zero-order valence-corrected chi connectivity index (χ0v) is 19.3. The van der Waals surface area contributed by atoms with E-state index < -0.39 is 10.0 Å². The van der Waals surface area contributed by atoms with Crippen LogP contribution >= 0.6 is 0 Å². The average Bonchev–Trinajstić information content (AvgIpc) is 3.26. The van der Waals surface area contributed by atoms with Gasteiger partial charge in [-0.1, -0.05) is 60.7 Å². The molecule has 0 spiro atoms. The minimum Gasteiger partial charge on any atom is -0.508 e. The highest BCUT2D eigenvalue weighted by atomic mass is 32.2. The summed E-state index contributed by atoms with van der Waals surface area (Å²) in [5.74, 6) is 0.650. The van der Waals surface area contributed by atoms with E-state index in [-0.39, 0.29) is 16.6 Å². The summed E-state index contributed by atoms with van der Waals surface area (Å²) in [5, 5.41) is 10.7. The fourth-order valence-corrected chi connectivity index (χ4v) is 5.72. The third-order valence-corrected chi connectivity index (χ3v) is 7.68. The number of para-hydroxylation sites is 1. The normalized spacial score (nSPS) is 12.5. The van der Waals surface area contributed by atoms with E-state index in [4.69, 9.17) is 4.74 Å². The largest absolute Gasteiger partial charge is 0.508 e. The maximum Gasteiger partial charge on any atom is 0.268 e. The van der Waals surface area contributed by atoms with Gasteiger partial charge < -0.3 is 9.84 Å². The Morgan fingerprint density at radius 1 is 0.765 bits per heavy atom. The number of fused-ring (bicyclic) bond motifs is 1. The minimum absolute atomic E-state index is 0.173. The highest BCUT2D eigenvalue weighted by molar-refractivity contribution is 7.90. The summed E-state index contributed by atoms with van der Waals surface area (Å²) in [6.45, 7) is 0. The number of aromatic nitrogens is 1.